The lowest BCUT2D eigenvalue weighted by Crippen LogP contribution is -2.12. The molecule has 0 aliphatic rings. The molecule has 0 bridgehead atoms. The summed E-state index contributed by atoms with van der Waals surface area (Å²) in [5, 5.41) is 2.99. The van der Waals surface area contributed by atoms with Crippen molar-refractivity contribution in [1.82, 2.24) is 0 Å². The van der Waals surface area contributed by atoms with E-state index in [0.717, 1.165) is 27.6 Å². The predicted octanol–water partition coefficient (Wildman–Crippen LogP) is 6.35. The van der Waals surface area contributed by atoms with Crippen LogP contribution in [0.15, 0.2) is 82.6 Å². The smallest absolute Gasteiger partial charge is 0.255 e. The zero-order valence-corrected chi connectivity index (χ0v) is 17.6. The van der Waals surface area contributed by atoms with Gasteiger partial charge in [-0.1, -0.05) is 24.3 Å². The number of anilines is 1. The minimum Gasteiger partial charge on any atom is -0.494 e. The van der Waals surface area contributed by atoms with Crippen molar-refractivity contribution in [3.63, 3.8) is 0 Å². The van der Waals surface area contributed by atoms with Crippen LogP contribution in [0.5, 0.6) is 5.75 Å². The van der Waals surface area contributed by atoms with E-state index in [4.69, 9.17) is 4.74 Å². The summed E-state index contributed by atoms with van der Waals surface area (Å²) in [6.07, 6.45) is 2.02. The maximum Gasteiger partial charge on any atom is 0.255 e. The van der Waals surface area contributed by atoms with Crippen LogP contribution >= 0.6 is 23.5 Å². The van der Waals surface area contributed by atoms with Crippen LogP contribution in [-0.4, -0.2) is 18.8 Å². The van der Waals surface area contributed by atoms with Gasteiger partial charge in [0.1, 0.15) is 5.75 Å². The van der Waals surface area contributed by atoms with E-state index in [1.807, 2.05) is 73.8 Å². The first-order chi connectivity index (χ1) is 13.7. The number of carbonyl (C=O) groups excluding carboxylic acids is 1. The number of amides is 1. The largest absolute Gasteiger partial charge is 0.494 e. The molecular formula is C23H23NO2S2. The number of ether oxygens (including phenoxy) is 1. The Morgan fingerprint density at radius 2 is 1.75 bits per heavy atom. The Balaban J connectivity index is 1.77. The summed E-state index contributed by atoms with van der Waals surface area (Å²) in [5.41, 5.74) is 2.44. The molecule has 0 aliphatic heterocycles. The van der Waals surface area contributed by atoms with Gasteiger partial charge in [0.05, 0.1) is 6.61 Å². The van der Waals surface area contributed by atoms with Gasteiger partial charge in [0.15, 0.2) is 0 Å². The SMILES string of the molecule is CCOc1ccc(C(=O)Nc2cccc(SC)c2)cc1CSc1ccccc1. The Kier molecular flexibility index (Phi) is 7.46. The van der Waals surface area contributed by atoms with Crippen LogP contribution in [-0.2, 0) is 5.75 Å². The number of rotatable bonds is 8. The van der Waals surface area contributed by atoms with Crippen molar-refractivity contribution in [3.05, 3.63) is 83.9 Å². The van der Waals surface area contributed by atoms with Gasteiger partial charge in [0, 0.05) is 32.4 Å². The average Bonchev–Trinajstić information content (AvgIpc) is 2.74. The van der Waals surface area contributed by atoms with Gasteiger partial charge in [-0.15, -0.1) is 23.5 Å². The summed E-state index contributed by atoms with van der Waals surface area (Å²) in [7, 11) is 0. The molecule has 0 unspecified atom stereocenters. The molecule has 28 heavy (non-hydrogen) atoms. The Bertz CT molecular complexity index is 929. The Morgan fingerprint density at radius 3 is 2.50 bits per heavy atom. The van der Waals surface area contributed by atoms with Crippen LogP contribution in [0, 0.1) is 0 Å². The van der Waals surface area contributed by atoms with E-state index < -0.39 is 0 Å². The molecule has 3 aromatic carbocycles. The summed E-state index contributed by atoms with van der Waals surface area (Å²) in [6.45, 7) is 2.56. The fourth-order valence-electron chi connectivity index (χ4n) is 2.71. The first kappa shape index (κ1) is 20.4. The molecule has 144 valence electrons. The van der Waals surface area contributed by atoms with Crippen molar-refractivity contribution >= 4 is 35.1 Å². The second-order valence-corrected chi connectivity index (χ2v) is 7.97. The second-order valence-electron chi connectivity index (χ2n) is 6.04. The van der Waals surface area contributed by atoms with Crippen molar-refractivity contribution in [2.24, 2.45) is 0 Å². The number of benzene rings is 3. The lowest BCUT2D eigenvalue weighted by molar-refractivity contribution is 0.102. The van der Waals surface area contributed by atoms with E-state index in [1.54, 1.807) is 23.5 Å². The quantitative estimate of drug-likeness (QED) is 0.440. The van der Waals surface area contributed by atoms with Crippen molar-refractivity contribution in [1.29, 1.82) is 0 Å². The van der Waals surface area contributed by atoms with Crippen LogP contribution in [0.1, 0.15) is 22.8 Å². The van der Waals surface area contributed by atoms with Gasteiger partial charge < -0.3 is 10.1 Å². The standard InChI is InChI=1S/C23H23NO2S2/c1-3-26-22-13-12-17(14-18(22)16-28-20-9-5-4-6-10-20)23(25)24-19-8-7-11-21(15-19)27-2/h4-15H,3,16H2,1-2H3,(H,24,25). The summed E-state index contributed by atoms with van der Waals surface area (Å²) in [4.78, 5) is 15.0. The fraction of sp³-hybridized carbons (Fsp3) is 0.174. The summed E-state index contributed by atoms with van der Waals surface area (Å²) in [6, 6.07) is 23.7. The molecule has 1 N–H and O–H groups in total. The highest BCUT2D eigenvalue weighted by atomic mass is 32.2. The van der Waals surface area contributed by atoms with Crippen LogP contribution in [0.3, 0.4) is 0 Å². The van der Waals surface area contributed by atoms with Gasteiger partial charge in [-0.3, -0.25) is 4.79 Å². The first-order valence-corrected chi connectivity index (χ1v) is 11.3. The number of thioether (sulfide) groups is 2. The molecule has 0 heterocycles. The van der Waals surface area contributed by atoms with Crippen molar-refractivity contribution in [2.75, 3.05) is 18.2 Å². The molecule has 0 saturated heterocycles. The third-order valence-corrected chi connectivity index (χ3v) is 5.87. The molecule has 0 atom stereocenters. The van der Waals surface area contributed by atoms with E-state index in [9.17, 15) is 4.79 Å². The van der Waals surface area contributed by atoms with Gasteiger partial charge in [0.2, 0.25) is 0 Å². The average molecular weight is 410 g/mol. The molecule has 3 aromatic rings. The summed E-state index contributed by atoms with van der Waals surface area (Å²) >= 11 is 3.38. The second kappa shape index (κ2) is 10.2. The van der Waals surface area contributed by atoms with Crippen LogP contribution < -0.4 is 10.1 Å². The molecule has 0 spiro atoms. The number of hydrogen-bond donors (Lipinski definition) is 1. The zero-order chi connectivity index (χ0) is 19.8. The molecule has 3 nitrogen and oxygen atoms in total. The van der Waals surface area contributed by atoms with Gasteiger partial charge >= 0.3 is 0 Å². The first-order valence-electron chi connectivity index (χ1n) is 9.08. The zero-order valence-electron chi connectivity index (χ0n) is 16.0. The van der Waals surface area contributed by atoms with Crippen LogP contribution in [0.2, 0.25) is 0 Å². The molecule has 0 saturated carbocycles. The Morgan fingerprint density at radius 1 is 0.964 bits per heavy atom. The van der Waals surface area contributed by atoms with Gasteiger partial charge in [0.25, 0.3) is 5.91 Å². The minimum absolute atomic E-state index is 0.118. The predicted molar refractivity (Wildman–Crippen MR) is 120 cm³/mol. The van der Waals surface area contributed by atoms with Gasteiger partial charge in [-0.2, -0.15) is 0 Å². The lowest BCUT2D eigenvalue weighted by Gasteiger charge is -2.13. The number of hydrogen-bond acceptors (Lipinski definition) is 4. The fourth-order valence-corrected chi connectivity index (χ4v) is 4.07. The van der Waals surface area contributed by atoms with Gasteiger partial charge in [-0.25, -0.2) is 0 Å². The normalized spacial score (nSPS) is 10.5. The highest BCUT2D eigenvalue weighted by Crippen LogP contribution is 2.29. The third-order valence-electron chi connectivity index (χ3n) is 4.09. The van der Waals surface area contributed by atoms with Crippen LogP contribution in [0.4, 0.5) is 5.69 Å². The van der Waals surface area contributed by atoms with E-state index in [0.29, 0.717) is 12.2 Å². The third kappa shape index (κ3) is 5.57. The Labute approximate surface area is 174 Å². The number of carbonyl (C=O) groups is 1. The molecule has 0 aliphatic carbocycles. The molecule has 0 fully saturated rings. The molecule has 0 aromatic heterocycles. The molecule has 3 rings (SSSR count). The molecular weight excluding hydrogens is 386 g/mol. The highest BCUT2D eigenvalue weighted by molar-refractivity contribution is 7.98. The molecule has 5 heteroatoms. The highest BCUT2D eigenvalue weighted by Gasteiger charge is 2.12. The van der Waals surface area contributed by atoms with Crippen molar-refractivity contribution in [3.8, 4) is 5.75 Å². The van der Waals surface area contributed by atoms with E-state index in [-0.39, 0.29) is 5.91 Å². The maximum absolute atomic E-state index is 12.7. The summed E-state index contributed by atoms with van der Waals surface area (Å²) in [5.74, 6) is 1.45. The number of nitrogens with one attached hydrogen (secondary N) is 1. The molecule has 0 radical (unpaired) electrons. The van der Waals surface area contributed by atoms with Gasteiger partial charge in [-0.05, 0) is 61.7 Å². The van der Waals surface area contributed by atoms with Crippen molar-refractivity contribution in [2.45, 2.75) is 22.5 Å². The topological polar surface area (TPSA) is 38.3 Å². The van der Waals surface area contributed by atoms with E-state index >= 15 is 0 Å². The van der Waals surface area contributed by atoms with Crippen molar-refractivity contribution < 1.29 is 9.53 Å². The summed E-state index contributed by atoms with van der Waals surface area (Å²) < 4.78 is 5.76. The van der Waals surface area contributed by atoms with E-state index in [2.05, 4.69) is 17.4 Å². The molecule has 1 amide bonds. The lowest BCUT2D eigenvalue weighted by atomic mass is 10.1. The minimum atomic E-state index is -0.118. The Hall–Kier alpha value is -2.37. The van der Waals surface area contributed by atoms with E-state index in [1.165, 1.54) is 4.90 Å². The monoisotopic (exact) mass is 409 g/mol. The maximum atomic E-state index is 12.7. The van der Waals surface area contributed by atoms with Crippen LogP contribution in [0.25, 0.3) is 0 Å².